The Labute approximate surface area is 59.7 Å². The predicted octanol–water partition coefficient (Wildman–Crippen LogP) is 1.85. The summed E-state index contributed by atoms with van der Waals surface area (Å²) in [6.45, 7) is 10.6. The van der Waals surface area contributed by atoms with E-state index in [1.807, 2.05) is 0 Å². The van der Waals surface area contributed by atoms with Gasteiger partial charge in [-0.1, -0.05) is 11.6 Å². The number of nitrogens with zero attached hydrogens (tertiary/aromatic N) is 1. The van der Waals surface area contributed by atoms with Crippen molar-refractivity contribution in [2.75, 3.05) is 0 Å². The van der Waals surface area contributed by atoms with Crippen molar-refractivity contribution >= 4 is 11.6 Å². The van der Waals surface area contributed by atoms with Crippen molar-refractivity contribution in [2.24, 2.45) is 0 Å². The highest BCUT2D eigenvalue weighted by molar-refractivity contribution is 6.30. The summed E-state index contributed by atoms with van der Waals surface area (Å²) in [7, 11) is 0. The lowest BCUT2D eigenvalue weighted by molar-refractivity contribution is 1.24. The minimum Gasteiger partial charge on any atom is -0.259 e. The molecule has 1 heterocycles. The normalized spacial score (nSPS) is 9.67. The van der Waals surface area contributed by atoms with Crippen molar-refractivity contribution < 1.29 is 0 Å². The summed E-state index contributed by atoms with van der Waals surface area (Å²) in [6.07, 6.45) is 1.45. The van der Waals surface area contributed by atoms with Crippen LogP contribution in [0.25, 0.3) is 0 Å². The Hall–Kier alpha value is -0.560. The molecule has 0 aliphatic heterocycles. The predicted molar refractivity (Wildman–Crippen MR) is 36.1 cm³/mol. The molecule has 1 rings (SSSR count). The molecule has 0 unspecified atom stereocenters. The van der Waals surface area contributed by atoms with E-state index in [9.17, 15) is 0 Å². The van der Waals surface area contributed by atoms with Gasteiger partial charge in [-0.15, -0.1) is 0 Å². The van der Waals surface area contributed by atoms with Gasteiger partial charge in [0, 0.05) is 25.7 Å². The SMILES string of the molecule is [CH]c1cc(Cl)cnc1[CH]. The number of aromatic nitrogens is 1. The lowest BCUT2D eigenvalue weighted by Gasteiger charge is -1.95. The third kappa shape index (κ3) is 1.42. The average Bonchev–Trinajstić information content (AvgIpc) is 1.80. The van der Waals surface area contributed by atoms with Gasteiger partial charge < -0.3 is 0 Å². The topological polar surface area (TPSA) is 12.9 Å². The zero-order chi connectivity index (χ0) is 6.85. The van der Waals surface area contributed by atoms with Crippen LogP contribution in [0.15, 0.2) is 12.3 Å². The summed E-state index contributed by atoms with van der Waals surface area (Å²) >= 11 is 5.52. The monoisotopic (exact) mass is 137 g/mol. The number of rotatable bonds is 0. The fraction of sp³-hybridized carbons (Fsp3) is 0. The molecule has 0 spiro atoms. The van der Waals surface area contributed by atoms with Crippen LogP contribution in [0.3, 0.4) is 0 Å². The second kappa shape index (κ2) is 2.36. The third-order valence-corrected chi connectivity index (χ3v) is 1.12. The average molecular weight is 138 g/mol. The first kappa shape index (κ1) is 6.56. The number of hydrogen-bond donors (Lipinski definition) is 0. The van der Waals surface area contributed by atoms with Crippen LogP contribution in [-0.2, 0) is 0 Å². The van der Waals surface area contributed by atoms with Crippen LogP contribution in [0.2, 0.25) is 5.02 Å². The van der Waals surface area contributed by atoms with E-state index in [1.165, 1.54) is 6.20 Å². The van der Waals surface area contributed by atoms with Gasteiger partial charge in [0.1, 0.15) is 0 Å². The Morgan fingerprint density at radius 1 is 1.44 bits per heavy atom. The highest BCUT2D eigenvalue weighted by atomic mass is 35.5. The molecular formula is C7H4ClN. The summed E-state index contributed by atoms with van der Waals surface area (Å²) in [5.74, 6) is 0. The Kier molecular flexibility index (Phi) is 1.72. The fourth-order valence-corrected chi connectivity index (χ4v) is 0.632. The van der Waals surface area contributed by atoms with E-state index in [0.717, 1.165) is 0 Å². The molecular weight excluding hydrogens is 134 g/mol. The molecule has 0 aliphatic carbocycles. The molecule has 0 N–H and O–H groups in total. The molecule has 0 aliphatic rings. The second-order valence-electron chi connectivity index (χ2n) is 1.63. The van der Waals surface area contributed by atoms with Crippen LogP contribution >= 0.6 is 11.6 Å². The van der Waals surface area contributed by atoms with Crippen molar-refractivity contribution in [3.8, 4) is 0 Å². The quantitative estimate of drug-likeness (QED) is 0.532. The van der Waals surface area contributed by atoms with Crippen LogP contribution in [0.5, 0.6) is 0 Å². The van der Waals surface area contributed by atoms with Gasteiger partial charge in [-0.05, 0) is 11.6 Å². The maximum absolute atomic E-state index is 5.52. The van der Waals surface area contributed by atoms with Gasteiger partial charge in [-0.2, -0.15) is 0 Å². The van der Waals surface area contributed by atoms with E-state index < -0.39 is 0 Å². The van der Waals surface area contributed by atoms with E-state index in [0.29, 0.717) is 16.3 Å². The molecule has 0 amide bonds. The van der Waals surface area contributed by atoms with E-state index >= 15 is 0 Å². The number of hydrogen-bond acceptors (Lipinski definition) is 1. The summed E-state index contributed by atoms with van der Waals surface area (Å²) in [4.78, 5) is 3.70. The lowest BCUT2D eigenvalue weighted by Crippen LogP contribution is -1.83. The Morgan fingerprint density at radius 3 is 2.56 bits per heavy atom. The zero-order valence-electron chi connectivity index (χ0n) is 4.63. The summed E-state index contributed by atoms with van der Waals surface area (Å²) in [5, 5.41) is 0.502. The molecule has 1 aromatic rings. The van der Waals surface area contributed by atoms with Gasteiger partial charge in [-0.3, -0.25) is 4.98 Å². The summed E-state index contributed by atoms with van der Waals surface area (Å²) in [6, 6.07) is 1.56. The fourth-order valence-electron chi connectivity index (χ4n) is 0.466. The minimum absolute atomic E-state index is 0.319. The third-order valence-electron chi connectivity index (χ3n) is 0.916. The van der Waals surface area contributed by atoms with Crippen LogP contribution < -0.4 is 0 Å². The molecule has 1 nitrogen and oxygen atoms in total. The van der Waals surface area contributed by atoms with Crippen LogP contribution in [-0.4, -0.2) is 4.98 Å². The molecule has 0 atom stereocenters. The van der Waals surface area contributed by atoms with Crippen molar-refractivity contribution in [2.45, 2.75) is 0 Å². The molecule has 2 heteroatoms. The Bertz CT molecular complexity index is 220. The van der Waals surface area contributed by atoms with E-state index in [-0.39, 0.29) is 0 Å². The first-order chi connectivity index (χ1) is 4.20. The van der Waals surface area contributed by atoms with Crippen molar-refractivity contribution in [3.05, 3.63) is 42.4 Å². The van der Waals surface area contributed by atoms with Crippen molar-refractivity contribution in [1.82, 2.24) is 4.98 Å². The molecule has 0 saturated heterocycles. The van der Waals surface area contributed by atoms with Gasteiger partial charge in [-0.25, -0.2) is 0 Å². The summed E-state index contributed by atoms with van der Waals surface area (Å²) in [5.41, 5.74) is 0.738. The molecule has 9 heavy (non-hydrogen) atoms. The lowest BCUT2D eigenvalue weighted by atomic mass is 10.2. The Morgan fingerprint density at radius 2 is 2.11 bits per heavy atom. The van der Waals surface area contributed by atoms with Crippen molar-refractivity contribution in [1.29, 1.82) is 0 Å². The first-order valence-corrected chi connectivity index (χ1v) is 2.74. The standard InChI is InChI=1S/C7H4ClN/c1-5-3-7(8)4-9-6(5)2/h1-4H. The van der Waals surface area contributed by atoms with E-state index in [2.05, 4.69) is 4.98 Å². The van der Waals surface area contributed by atoms with E-state index in [4.69, 9.17) is 25.4 Å². The number of pyridine rings is 1. The second-order valence-corrected chi connectivity index (χ2v) is 2.06. The molecule has 0 fully saturated rings. The first-order valence-electron chi connectivity index (χ1n) is 2.36. The minimum atomic E-state index is 0.319. The maximum atomic E-state index is 5.52. The molecule has 0 aromatic carbocycles. The van der Waals surface area contributed by atoms with Crippen LogP contribution in [0.4, 0.5) is 0 Å². The molecule has 1 aromatic heterocycles. The number of halogens is 1. The van der Waals surface area contributed by atoms with Crippen LogP contribution in [0.1, 0.15) is 11.3 Å². The van der Waals surface area contributed by atoms with Gasteiger partial charge >= 0.3 is 0 Å². The maximum Gasteiger partial charge on any atom is 0.0592 e. The van der Waals surface area contributed by atoms with Crippen LogP contribution in [0, 0.1) is 13.8 Å². The van der Waals surface area contributed by atoms with Gasteiger partial charge in [0.25, 0.3) is 0 Å². The molecule has 0 bridgehead atoms. The molecule has 44 valence electrons. The van der Waals surface area contributed by atoms with E-state index in [1.54, 1.807) is 6.07 Å². The summed E-state index contributed by atoms with van der Waals surface area (Å²) < 4.78 is 0. The largest absolute Gasteiger partial charge is 0.259 e. The van der Waals surface area contributed by atoms with Crippen molar-refractivity contribution in [3.63, 3.8) is 0 Å². The van der Waals surface area contributed by atoms with Gasteiger partial charge in [0.2, 0.25) is 0 Å². The van der Waals surface area contributed by atoms with Gasteiger partial charge in [0.15, 0.2) is 0 Å². The highest BCUT2D eigenvalue weighted by Gasteiger charge is 1.92. The smallest absolute Gasteiger partial charge is 0.0592 e. The molecule has 4 radical (unpaired) electrons. The zero-order valence-corrected chi connectivity index (χ0v) is 5.39. The Balaban J connectivity index is 3.17. The molecule has 0 saturated carbocycles. The highest BCUT2D eigenvalue weighted by Crippen LogP contribution is 2.10. The van der Waals surface area contributed by atoms with Gasteiger partial charge in [0.05, 0.1) is 5.02 Å².